The number of aliphatic carboxylic acids is 1. The third-order valence-corrected chi connectivity index (χ3v) is 4.58. The van der Waals surface area contributed by atoms with Crippen LogP contribution in [-0.2, 0) is 4.79 Å². The van der Waals surface area contributed by atoms with Crippen molar-refractivity contribution in [3.63, 3.8) is 0 Å². The molecule has 0 spiro atoms. The third-order valence-electron chi connectivity index (χ3n) is 4.58. The molecule has 0 heterocycles. The van der Waals surface area contributed by atoms with Crippen LogP contribution in [0, 0.1) is 5.41 Å². The molecule has 0 radical (unpaired) electrons. The van der Waals surface area contributed by atoms with Gasteiger partial charge in [0.1, 0.15) is 5.54 Å². The number of carbonyl (C=O) groups is 1. The second kappa shape index (κ2) is 4.60. The van der Waals surface area contributed by atoms with E-state index in [1.807, 2.05) is 0 Å². The summed E-state index contributed by atoms with van der Waals surface area (Å²) in [5.74, 6) is -0.637. The summed E-state index contributed by atoms with van der Waals surface area (Å²) < 4.78 is 0. The van der Waals surface area contributed by atoms with Gasteiger partial charge >= 0.3 is 5.97 Å². The summed E-state index contributed by atoms with van der Waals surface area (Å²) in [5.41, 5.74) is -0.344. The van der Waals surface area contributed by atoms with Crippen LogP contribution < -0.4 is 5.32 Å². The molecule has 0 saturated heterocycles. The number of carboxylic acids is 1. The highest BCUT2D eigenvalue weighted by Gasteiger charge is 2.51. The van der Waals surface area contributed by atoms with Gasteiger partial charge in [-0.05, 0) is 24.7 Å². The minimum absolute atomic E-state index is 0.296. The maximum Gasteiger partial charge on any atom is 0.323 e. The summed E-state index contributed by atoms with van der Waals surface area (Å²) in [5, 5.41) is 13.1. The van der Waals surface area contributed by atoms with E-state index in [1.54, 1.807) is 0 Å². The average molecular weight is 239 g/mol. The Balaban J connectivity index is 2.04. The van der Waals surface area contributed by atoms with Gasteiger partial charge in [-0.15, -0.1) is 0 Å². The van der Waals surface area contributed by atoms with Gasteiger partial charge in [0.25, 0.3) is 0 Å². The normalized spacial score (nSPS) is 31.3. The van der Waals surface area contributed by atoms with Gasteiger partial charge < -0.3 is 5.11 Å². The highest BCUT2D eigenvalue weighted by Crippen LogP contribution is 2.46. The Bertz CT molecular complexity index is 291. The zero-order chi connectivity index (χ0) is 12.5. The molecule has 2 rings (SSSR count). The van der Waals surface area contributed by atoms with Crippen molar-refractivity contribution >= 4 is 5.97 Å². The monoisotopic (exact) mass is 239 g/mol. The van der Waals surface area contributed by atoms with Crippen LogP contribution in [0.4, 0.5) is 0 Å². The summed E-state index contributed by atoms with van der Waals surface area (Å²) >= 11 is 0. The quantitative estimate of drug-likeness (QED) is 0.796. The molecule has 0 aliphatic heterocycles. The standard InChI is InChI=1S/C14H25NO2/c1-13(2)10-11(13)15-14(12(16)17)8-6-4-3-5-7-9-14/h11,15H,3-10H2,1-2H3,(H,16,17). The number of carboxylic acid groups (broad SMARTS) is 1. The minimum atomic E-state index is -0.640. The molecular formula is C14H25NO2. The molecule has 98 valence electrons. The first-order chi connectivity index (χ1) is 7.96. The number of rotatable bonds is 3. The van der Waals surface area contributed by atoms with Crippen LogP contribution in [0.5, 0.6) is 0 Å². The van der Waals surface area contributed by atoms with Gasteiger partial charge in [-0.2, -0.15) is 0 Å². The fraction of sp³-hybridized carbons (Fsp3) is 0.929. The van der Waals surface area contributed by atoms with E-state index in [4.69, 9.17) is 0 Å². The van der Waals surface area contributed by atoms with Crippen LogP contribution in [-0.4, -0.2) is 22.7 Å². The molecule has 2 N–H and O–H groups in total. The first-order valence-electron chi connectivity index (χ1n) is 6.97. The summed E-state index contributed by atoms with van der Waals surface area (Å²) in [4.78, 5) is 11.7. The SMILES string of the molecule is CC1(C)CC1NC1(C(=O)O)CCCCCCC1. The second-order valence-electron chi connectivity index (χ2n) is 6.54. The van der Waals surface area contributed by atoms with Crippen LogP contribution in [0.2, 0.25) is 0 Å². The van der Waals surface area contributed by atoms with Crippen molar-refractivity contribution in [1.29, 1.82) is 0 Å². The third kappa shape index (κ3) is 2.82. The van der Waals surface area contributed by atoms with Gasteiger partial charge in [-0.1, -0.05) is 46.0 Å². The molecule has 2 saturated carbocycles. The molecule has 0 amide bonds. The molecular weight excluding hydrogens is 214 g/mol. The zero-order valence-electron chi connectivity index (χ0n) is 11.1. The van der Waals surface area contributed by atoms with Crippen molar-refractivity contribution in [2.75, 3.05) is 0 Å². The zero-order valence-corrected chi connectivity index (χ0v) is 11.1. The lowest BCUT2D eigenvalue weighted by atomic mass is 9.83. The second-order valence-corrected chi connectivity index (χ2v) is 6.54. The highest BCUT2D eigenvalue weighted by atomic mass is 16.4. The van der Waals surface area contributed by atoms with Crippen molar-refractivity contribution < 1.29 is 9.90 Å². The maximum absolute atomic E-state index is 11.7. The Kier molecular flexibility index (Phi) is 3.48. The Morgan fingerprint density at radius 3 is 2.00 bits per heavy atom. The molecule has 0 aromatic heterocycles. The lowest BCUT2D eigenvalue weighted by Gasteiger charge is -2.33. The number of hydrogen-bond donors (Lipinski definition) is 2. The van der Waals surface area contributed by atoms with Gasteiger partial charge in [0.05, 0.1) is 0 Å². The lowest BCUT2D eigenvalue weighted by Crippen LogP contribution is -2.54. The molecule has 3 heteroatoms. The van der Waals surface area contributed by atoms with Crippen LogP contribution in [0.15, 0.2) is 0 Å². The van der Waals surface area contributed by atoms with E-state index in [0.717, 1.165) is 32.1 Å². The van der Waals surface area contributed by atoms with Gasteiger partial charge in [0.15, 0.2) is 0 Å². The molecule has 0 bridgehead atoms. The Hall–Kier alpha value is -0.570. The van der Waals surface area contributed by atoms with Crippen LogP contribution in [0.25, 0.3) is 0 Å². The highest BCUT2D eigenvalue weighted by molar-refractivity contribution is 5.79. The van der Waals surface area contributed by atoms with Crippen molar-refractivity contribution in [2.24, 2.45) is 5.41 Å². The van der Waals surface area contributed by atoms with E-state index < -0.39 is 11.5 Å². The molecule has 2 aliphatic rings. The van der Waals surface area contributed by atoms with Crippen molar-refractivity contribution in [3.05, 3.63) is 0 Å². The molecule has 1 atom stereocenters. The summed E-state index contributed by atoms with van der Waals surface area (Å²) in [6, 6.07) is 0.401. The Morgan fingerprint density at radius 1 is 1.12 bits per heavy atom. The van der Waals surface area contributed by atoms with E-state index in [9.17, 15) is 9.90 Å². The fourth-order valence-corrected chi connectivity index (χ4v) is 2.98. The average Bonchev–Trinajstić information content (AvgIpc) is 2.78. The fourth-order valence-electron chi connectivity index (χ4n) is 2.98. The predicted octanol–water partition coefficient (Wildman–Crippen LogP) is 2.94. The van der Waals surface area contributed by atoms with Gasteiger partial charge in [0.2, 0.25) is 0 Å². The van der Waals surface area contributed by atoms with Crippen molar-refractivity contribution in [3.8, 4) is 0 Å². The first kappa shape index (κ1) is 12.9. The molecule has 0 aromatic carbocycles. The van der Waals surface area contributed by atoms with E-state index in [-0.39, 0.29) is 0 Å². The molecule has 3 nitrogen and oxygen atoms in total. The van der Waals surface area contributed by atoms with Gasteiger partial charge in [0, 0.05) is 6.04 Å². The smallest absolute Gasteiger partial charge is 0.323 e. The number of hydrogen-bond acceptors (Lipinski definition) is 2. The van der Waals surface area contributed by atoms with Crippen LogP contribution >= 0.6 is 0 Å². The molecule has 17 heavy (non-hydrogen) atoms. The van der Waals surface area contributed by atoms with E-state index in [2.05, 4.69) is 19.2 Å². The molecule has 0 aromatic rings. The van der Waals surface area contributed by atoms with Crippen LogP contribution in [0.3, 0.4) is 0 Å². The molecule has 2 aliphatic carbocycles. The lowest BCUT2D eigenvalue weighted by molar-refractivity contribution is -0.146. The summed E-state index contributed by atoms with van der Waals surface area (Å²) in [6.45, 7) is 4.42. The van der Waals surface area contributed by atoms with E-state index in [1.165, 1.54) is 19.3 Å². The number of nitrogens with one attached hydrogen (secondary N) is 1. The van der Waals surface area contributed by atoms with Crippen molar-refractivity contribution in [1.82, 2.24) is 5.32 Å². The minimum Gasteiger partial charge on any atom is -0.480 e. The van der Waals surface area contributed by atoms with Crippen molar-refractivity contribution in [2.45, 2.75) is 76.8 Å². The van der Waals surface area contributed by atoms with Gasteiger partial charge in [-0.3, -0.25) is 10.1 Å². The largest absolute Gasteiger partial charge is 0.480 e. The Labute approximate surface area is 104 Å². The van der Waals surface area contributed by atoms with E-state index >= 15 is 0 Å². The summed E-state index contributed by atoms with van der Waals surface area (Å²) in [6.07, 6.45) is 8.45. The summed E-state index contributed by atoms with van der Waals surface area (Å²) in [7, 11) is 0. The molecule has 2 fully saturated rings. The molecule has 1 unspecified atom stereocenters. The topological polar surface area (TPSA) is 49.3 Å². The maximum atomic E-state index is 11.7. The van der Waals surface area contributed by atoms with Gasteiger partial charge in [-0.25, -0.2) is 0 Å². The van der Waals surface area contributed by atoms with Crippen LogP contribution in [0.1, 0.15) is 65.2 Å². The first-order valence-corrected chi connectivity index (χ1v) is 6.97. The van der Waals surface area contributed by atoms with E-state index in [0.29, 0.717) is 11.5 Å². The predicted molar refractivity (Wildman–Crippen MR) is 68.0 cm³/mol. The Morgan fingerprint density at radius 2 is 1.59 bits per heavy atom.